The van der Waals surface area contributed by atoms with Crippen LogP contribution in [0.2, 0.25) is 0 Å². The predicted octanol–water partition coefficient (Wildman–Crippen LogP) is 4.30. The number of carbonyl (C=O) groups excluding carboxylic acids is 2. The van der Waals surface area contributed by atoms with Crippen molar-refractivity contribution < 1.29 is 14.3 Å². The van der Waals surface area contributed by atoms with Crippen LogP contribution in [0.25, 0.3) is 10.9 Å². The molecule has 1 aromatic heterocycles. The molecule has 122 valence electrons. The summed E-state index contributed by atoms with van der Waals surface area (Å²) >= 11 is 0. The molecule has 0 aliphatic rings. The van der Waals surface area contributed by atoms with Crippen LogP contribution in [0.3, 0.4) is 0 Å². The number of nitrogens with zero attached hydrogens (tertiary/aromatic N) is 1. The highest BCUT2D eigenvalue weighted by molar-refractivity contribution is 5.96. The van der Waals surface area contributed by atoms with Crippen LogP contribution in [-0.4, -0.2) is 22.0 Å². The monoisotopic (exact) mass is 313 g/mol. The first-order valence-electron chi connectivity index (χ1n) is 7.69. The van der Waals surface area contributed by atoms with Crippen LogP contribution in [0, 0.1) is 0 Å². The summed E-state index contributed by atoms with van der Waals surface area (Å²) in [5.41, 5.74) is 1.03. The molecule has 2 aromatic rings. The van der Waals surface area contributed by atoms with Crippen molar-refractivity contribution in [1.82, 2.24) is 4.57 Å². The van der Waals surface area contributed by atoms with Gasteiger partial charge in [-0.2, -0.15) is 0 Å². The molecular formula is C19H23NO3. The Morgan fingerprint density at radius 3 is 2.52 bits per heavy atom. The van der Waals surface area contributed by atoms with Crippen molar-refractivity contribution in [3.8, 4) is 0 Å². The third-order valence-corrected chi connectivity index (χ3v) is 3.55. The third kappa shape index (κ3) is 3.70. The Morgan fingerprint density at radius 2 is 1.96 bits per heavy atom. The second kappa shape index (κ2) is 6.41. The molecule has 1 aromatic carbocycles. The minimum atomic E-state index is -0.560. The van der Waals surface area contributed by atoms with Crippen LogP contribution in [0.4, 0.5) is 0 Å². The zero-order valence-electron chi connectivity index (χ0n) is 14.1. The lowest BCUT2D eigenvalue weighted by Gasteiger charge is -2.23. The van der Waals surface area contributed by atoms with E-state index in [-0.39, 0.29) is 11.9 Å². The van der Waals surface area contributed by atoms with Crippen LogP contribution < -0.4 is 0 Å². The summed E-state index contributed by atoms with van der Waals surface area (Å²) in [5, 5.41) is 0.889. The largest absolute Gasteiger partial charge is 0.459 e. The number of allylic oxidation sites excluding steroid dienone is 1. The zero-order valence-corrected chi connectivity index (χ0v) is 14.1. The van der Waals surface area contributed by atoms with Gasteiger partial charge >= 0.3 is 5.97 Å². The quantitative estimate of drug-likeness (QED) is 0.624. The molecular weight excluding hydrogens is 290 g/mol. The van der Waals surface area contributed by atoms with Crippen molar-refractivity contribution >= 4 is 22.8 Å². The molecule has 0 aliphatic carbocycles. The fraction of sp³-hybridized carbons (Fsp3) is 0.368. The standard InChI is InChI=1S/C19H23NO3/c1-6-9-15(18(22)23-19(3,4)5)16-12-20(13(2)21)17-11-8-7-10-14(16)17/h6-8,10-12,15H,1,9H2,2-5H3. The molecule has 2 rings (SSSR count). The molecule has 1 unspecified atom stereocenters. The van der Waals surface area contributed by atoms with Crippen molar-refractivity contribution in [1.29, 1.82) is 0 Å². The van der Waals surface area contributed by atoms with Gasteiger partial charge in [-0.05, 0) is 38.8 Å². The van der Waals surface area contributed by atoms with Crippen LogP contribution in [-0.2, 0) is 9.53 Å². The molecule has 0 N–H and O–H groups in total. The number of benzene rings is 1. The molecule has 0 aliphatic heterocycles. The lowest BCUT2D eigenvalue weighted by Crippen LogP contribution is -2.27. The van der Waals surface area contributed by atoms with Gasteiger partial charge in [-0.25, -0.2) is 0 Å². The first-order valence-corrected chi connectivity index (χ1v) is 7.69. The first kappa shape index (κ1) is 17.0. The van der Waals surface area contributed by atoms with E-state index in [1.54, 1.807) is 16.8 Å². The van der Waals surface area contributed by atoms with E-state index in [4.69, 9.17) is 4.74 Å². The van der Waals surface area contributed by atoms with Crippen LogP contribution in [0.1, 0.15) is 50.4 Å². The van der Waals surface area contributed by atoms with E-state index in [1.165, 1.54) is 6.92 Å². The number of rotatable bonds is 4. The Bertz CT molecular complexity index is 750. The molecule has 4 nitrogen and oxygen atoms in total. The Balaban J connectivity index is 2.55. The van der Waals surface area contributed by atoms with Gasteiger partial charge in [-0.15, -0.1) is 6.58 Å². The van der Waals surface area contributed by atoms with Gasteiger partial charge in [0.2, 0.25) is 5.91 Å². The third-order valence-electron chi connectivity index (χ3n) is 3.55. The van der Waals surface area contributed by atoms with Gasteiger partial charge in [0.15, 0.2) is 0 Å². The molecule has 0 saturated heterocycles. The first-order chi connectivity index (χ1) is 10.7. The van der Waals surface area contributed by atoms with E-state index < -0.39 is 11.5 Å². The molecule has 0 saturated carbocycles. The topological polar surface area (TPSA) is 48.3 Å². The van der Waals surface area contributed by atoms with E-state index in [9.17, 15) is 9.59 Å². The van der Waals surface area contributed by atoms with E-state index in [0.717, 1.165) is 16.5 Å². The minimum absolute atomic E-state index is 0.0889. The molecule has 0 fully saturated rings. The molecule has 1 atom stereocenters. The van der Waals surface area contributed by atoms with Gasteiger partial charge in [0, 0.05) is 18.5 Å². The van der Waals surface area contributed by atoms with Crippen molar-refractivity contribution in [2.45, 2.75) is 45.6 Å². The smallest absolute Gasteiger partial charge is 0.314 e. The van der Waals surface area contributed by atoms with Crippen molar-refractivity contribution in [2.75, 3.05) is 0 Å². The van der Waals surface area contributed by atoms with Gasteiger partial charge in [0.05, 0.1) is 11.4 Å². The van der Waals surface area contributed by atoms with Gasteiger partial charge in [-0.3, -0.25) is 14.2 Å². The fourth-order valence-electron chi connectivity index (χ4n) is 2.63. The van der Waals surface area contributed by atoms with Crippen LogP contribution in [0.15, 0.2) is 43.1 Å². The van der Waals surface area contributed by atoms with E-state index in [2.05, 4.69) is 6.58 Å². The maximum Gasteiger partial charge on any atom is 0.314 e. The predicted molar refractivity (Wildman–Crippen MR) is 91.6 cm³/mol. The molecule has 0 radical (unpaired) electrons. The summed E-state index contributed by atoms with van der Waals surface area (Å²) in [6.45, 7) is 10.8. The number of fused-ring (bicyclic) bond motifs is 1. The zero-order chi connectivity index (χ0) is 17.2. The highest BCUT2D eigenvalue weighted by Gasteiger charge is 2.28. The maximum absolute atomic E-state index is 12.6. The Morgan fingerprint density at radius 1 is 1.30 bits per heavy atom. The summed E-state index contributed by atoms with van der Waals surface area (Å²) in [5.74, 6) is -0.866. The average molecular weight is 313 g/mol. The van der Waals surface area contributed by atoms with Gasteiger partial charge in [0.1, 0.15) is 5.60 Å². The molecule has 0 amide bonds. The Kier molecular flexibility index (Phi) is 4.73. The average Bonchev–Trinajstić information content (AvgIpc) is 2.82. The summed E-state index contributed by atoms with van der Waals surface area (Å²) in [6.07, 6.45) is 3.90. The maximum atomic E-state index is 12.6. The van der Waals surface area contributed by atoms with E-state index in [0.29, 0.717) is 6.42 Å². The normalized spacial score (nSPS) is 12.9. The molecule has 23 heavy (non-hydrogen) atoms. The van der Waals surface area contributed by atoms with Crippen molar-refractivity contribution in [2.24, 2.45) is 0 Å². The Labute approximate surface area is 136 Å². The number of hydrogen-bond acceptors (Lipinski definition) is 3. The second-order valence-corrected chi connectivity index (χ2v) is 6.60. The summed E-state index contributed by atoms with van der Waals surface area (Å²) in [6, 6.07) is 7.57. The van der Waals surface area contributed by atoms with E-state index >= 15 is 0 Å². The fourth-order valence-corrected chi connectivity index (χ4v) is 2.63. The lowest BCUT2D eigenvalue weighted by molar-refractivity contribution is -0.156. The van der Waals surface area contributed by atoms with E-state index in [1.807, 2.05) is 45.0 Å². The Hall–Kier alpha value is -2.36. The number of hydrogen-bond donors (Lipinski definition) is 0. The molecule has 1 heterocycles. The molecule has 4 heteroatoms. The number of carbonyl (C=O) groups is 2. The summed E-state index contributed by atoms with van der Waals surface area (Å²) in [4.78, 5) is 24.5. The number of esters is 1. The highest BCUT2D eigenvalue weighted by atomic mass is 16.6. The van der Waals surface area contributed by atoms with Crippen molar-refractivity contribution in [3.63, 3.8) is 0 Å². The van der Waals surface area contributed by atoms with Crippen LogP contribution >= 0.6 is 0 Å². The van der Waals surface area contributed by atoms with Gasteiger partial charge in [-0.1, -0.05) is 24.3 Å². The van der Waals surface area contributed by atoms with Crippen molar-refractivity contribution in [3.05, 3.63) is 48.7 Å². The number of ether oxygens (including phenoxy) is 1. The summed E-state index contributed by atoms with van der Waals surface area (Å²) < 4.78 is 7.12. The molecule has 0 spiro atoms. The van der Waals surface area contributed by atoms with Crippen LogP contribution in [0.5, 0.6) is 0 Å². The number of para-hydroxylation sites is 1. The number of aromatic nitrogens is 1. The molecule has 0 bridgehead atoms. The van der Waals surface area contributed by atoms with Gasteiger partial charge in [0.25, 0.3) is 0 Å². The minimum Gasteiger partial charge on any atom is -0.459 e. The van der Waals surface area contributed by atoms with Gasteiger partial charge < -0.3 is 4.74 Å². The highest BCUT2D eigenvalue weighted by Crippen LogP contribution is 2.32. The lowest BCUT2D eigenvalue weighted by atomic mass is 9.95. The summed E-state index contributed by atoms with van der Waals surface area (Å²) in [7, 11) is 0. The SMILES string of the molecule is C=CCC(C(=O)OC(C)(C)C)c1cn(C(C)=O)c2ccccc12. The second-order valence-electron chi connectivity index (χ2n) is 6.60.